The second-order valence-corrected chi connectivity index (χ2v) is 3.56. The Balaban J connectivity index is 2.12. The first-order chi connectivity index (χ1) is 7.66. The number of H-pyrrole nitrogens is 1. The van der Waals surface area contributed by atoms with E-state index in [4.69, 9.17) is 5.73 Å². The summed E-state index contributed by atoms with van der Waals surface area (Å²) in [4.78, 5) is 4.17. The van der Waals surface area contributed by atoms with Gasteiger partial charge in [-0.05, 0) is 25.5 Å². The summed E-state index contributed by atoms with van der Waals surface area (Å²) in [6.45, 7) is 3.86. The molecule has 0 saturated carbocycles. The van der Waals surface area contributed by atoms with Gasteiger partial charge in [0.25, 0.3) is 0 Å². The molecule has 2 aromatic rings. The number of tetrazole rings is 1. The van der Waals surface area contributed by atoms with E-state index in [0.717, 1.165) is 11.4 Å². The van der Waals surface area contributed by atoms with Crippen molar-refractivity contribution in [2.24, 2.45) is 0 Å². The van der Waals surface area contributed by atoms with Gasteiger partial charge in [-0.15, -0.1) is 10.2 Å². The van der Waals surface area contributed by atoms with Crippen molar-refractivity contribution in [3.8, 4) is 0 Å². The number of nitrogens with one attached hydrogen (secondary N) is 2. The number of anilines is 2. The van der Waals surface area contributed by atoms with Crippen LogP contribution in [0.25, 0.3) is 0 Å². The maximum absolute atomic E-state index is 5.68. The number of hydrogen-bond donors (Lipinski definition) is 3. The standard InChI is InChI=1S/C9H13N7/c1-5-3-8(11-4-7(5)10)12-6(2)9-13-15-16-14-9/h3-4,6H,10H2,1-2H3,(H,11,12)(H,13,14,15,16). The lowest BCUT2D eigenvalue weighted by Crippen LogP contribution is -2.10. The fourth-order valence-electron chi connectivity index (χ4n) is 1.28. The summed E-state index contributed by atoms with van der Waals surface area (Å²) in [7, 11) is 0. The molecule has 0 radical (unpaired) electrons. The molecule has 2 rings (SSSR count). The number of aromatic amines is 1. The van der Waals surface area contributed by atoms with Gasteiger partial charge in [0.05, 0.1) is 17.9 Å². The first-order valence-electron chi connectivity index (χ1n) is 4.89. The first-order valence-corrected chi connectivity index (χ1v) is 4.89. The van der Waals surface area contributed by atoms with Gasteiger partial charge >= 0.3 is 0 Å². The maximum atomic E-state index is 5.68. The summed E-state index contributed by atoms with van der Waals surface area (Å²) in [5.41, 5.74) is 7.35. The van der Waals surface area contributed by atoms with E-state index >= 15 is 0 Å². The molecule has 4 N–H and O–H groups in total. The van der Waals surface area contributed by atoms with Crippen molar-refractivity contribution >= 4 is 11.5 Å². The molecular formula is C9H13N7. The van der Waals surface area contributed by atoms with E-state index in [9.17, 15) is 0 Å². The second kappa shape index (κ2) is 4.13. The van der Waals surface area contributed by atoms with Crippen molar-refractivity contribution in [3.63, 3.8) is 0 Å². The van der Waals surface area contributed by atoms with Gasteiger partial charge in [-0.3, -0.25) is 0 Å². The second-order valence-electron chi connectivity index (χ2n) is 3.56. The van der Waals surface area contributed by atoms with Crippen molar-refractivity contribution < 1.29 is 0 Å². The fourth-order valence-corrected chi connectivity index (χ4v) is 1.28. The minimum atomic E-state index is -0.0609. The predicted molar refractivity (Wildman–Crippen MR) is 59.6 cm³/mol. The number of aryl methyl sites for hydroxylation is 1. The lowest BCUT2D eigenvalue weighted by molar-refractivity contribution is 0.788. The maximum Gasteiger partial charge on any atom is 0.196 e. The van der Waals surface area contributed by atoms with Crippen LogP contribution in [0.1, 0.15) is 24.4 Å². The van der Waals surface area contributed by atoms with Gasteiger partial charge in [0.2, 0.25) is 0 Å². The SMILES string of the molecule is Cc1cc(NC(C)c2nn[nH]n2)ncc1N. The molecular weight excluding hydrogens is 206 g/mol. The van der Waals surface area contributed by atoms with Crippen LogP contribution in [0.3, 0.4) is 0 Å². The number of nitrogen functional groups attached to an aromatic ring is 1. The molecule has 0 fully saturated rings. The van der Waals surface area contributed by atoms with Crippen LogP contribution in [0.5, 0.6) is 0 Å². The number of aromatic nitrogens is 5. The molecule has 0 aliphatic heterocycles. The zero-order chi connectivity index (χ0) is 11.5. The van der Waals surface area contributed by atoms with Gasteiger partial charge in [-0.1, -0.05) is 5.21 Å². The van der Waals surface area contributed by atoms with Gasteiger partial charge < -0.3 is 11.1 Å². The Morgan fingerprint density at radius 2 is 2.31 bits per heavy atom. The van der Waals surface area contributed by atoms with Crippen molar-refractivity contribution in [1.82, 2.24) is 25.6 Å². The van der Waals surface area contributed by atoms with Crippen molar-refractivity contribution in [3.05, 3.63) is 23.7 Å². The summed E-state index contributed by atoms with van der Waals surface area (Å²) in [5.74, 6) is 1.33. The molecule has 2 heterocycles. The Labute approximate surface area is 92.5 Å². The molecule has 84 valence electrons. The van der Waals surface area contributed by atoms with E-state index in [0.29, 0.717) is 11.5 Å². The third-order valence-electron chi connectivity index (χ3n) is 2.26. The molecule has 2 aromatic heterocycles. The van der Waals surface area contributed by atoms with Crippen molar-refractivity contribution in [1.29, 1.82) is 0 Å². The van der Waals surface area contributed by atoms with Gasteiger partial charge in [-0.2, -0.15) is 5.21 Å². The highest BCUT2D eigenvalue weighted by atomic mass is 15.5. The molecule has 1 unspecified atom stereocenters. The molecule has 7 nitrogen and oxygen atoms in total. The summed E-state index contributed by atoms with van der Waals surface area (Å²) < 4.78 is 0. The third kappa shape index (κ3) is 2.08. The number of nitrogens with two attached hydrogens (primary N) is 1. The predicted octanol–water partition coefficient (Wildman–Crippen LogP) is 0.658. The molecule has 0 bridgehead atoms. The summed E-state index contributed by atoms with van der Waals surface area (Å²) in [6.07, 6.45) is 1.63. The highest BCUT2D eigenvalue weighted by Crippen LogP contribution is 2.17. The average molecular weight is 219 g/mol. The van der Waals surface area contributed by atoms with E-state index in [-0.39, 0.29) is 6.04 Å². The largest absolute Gasteiger partial charge is 0.397 e. The summed E-state index contributed by atoms with van der Waals surface area (Å²) in [6, 6.07) is 1.82. The topological polar surface area (TPSA) is 105 Å². The quantitative estimate of drug-likeness (QED) is 0.700. The van der Waals surface area contributed by atoms with Crippen molar-refractivity contribution in [2.75, 3.05) is 11.1 Å². The molecule has 0 aliphatic carbocycles. The Morgan fingerprint density at radius 1 is 1.50 bits per heavy atom. The smallest absolute Gasteiger partial charge is 0.196 e. The molecule has 16 heavy (non-hydrogen) atoms. The minimum absolute atomic E-state index is 0.0609. The van der Waals surface area contributed by atoms with Crippen LogP contribution >= 0.6 is 0 Å². The van der Waals surface area contributed by atoms with Crippen LogP contribution in [0, 0.1) is 6.92 Å². The molecule has 0 amide bonds. The molecule has 0 aromatic carbocycles. The molecule has 7 heteroatoms. The summed E-state index contributed by atoms with van der Waals surface area (Å²) in [5, 5.41) is 16.8. The molecule has 0 saturated heterocycles. The molecule has 1 atom stereocenters. The van der Waals surface area contributed by atoms with Gasteiger partial charge in [0, 0.05) is 0 Å². The minimum Gasteiger partial charge on any atom is -0.397 e. The summed E-state index contributed by atoms with van der Waals surface area (Å²) >= 11 is 0. The highest BCUT2D eigenvalue weighted by Gasteiger charge is 2.10. The first kappa shape index (κ1) is 10.3. The van der Waals surface area contributed by atoms with Gasteiger partial charge in [0.1, 0.15) is 5.82 Å². The normalized spacial score (nSPS) is 12.4. The van der Waals surface area contributed by atoms with Crippen molar-refractivity contribution in [2.45, 2.75) is 19.9 Å². The van der Waals surface area contributed by atoms with Crippen LogP contribution in [-0.2, 0) is 0 Å². The number of rotatable bonds is 3. The lowest BCUT2D eigenvalue weighted by Gasteiger charge is -2.11. The van der Waals surface area contributed by atoms with Crippen LogP contribution in [-0.4, -0.2) is 25.6 Å². The Hall–Kier alpha value is -2.18. The molecule has 0 aliphatic rings. The van der Waals surface area contributed by atoms with E-state index < -0.39 is 0 Å². The number of pyridine rings is 1. The number of nitrogens with zero attached hydrogens (tertiary/aromatic N) is 4. The highest BCUT2D eigenvalue weighted by molar-refractivity contribution is 5.51. The zero-order valence-electron chi connectivity index (χ0n) is 9.10. The third-order valence-corrected chi connectivity index (χ3v) is 2.26. The Bertz CT molecular complexity index is 465. The molecule has 0 spiro atoms. The van der Waals surface area contributed by atoms with Crippen LogP contribution in [0.2, 0.25) is 0 Å². The fraction of sp³-hybridized carbons (Fsp3) is 0.333. The lowest BCUT2D eigenvalue weighted by atomic mass is 10.2. The van der Waals surface area contributed by atoms with E-state index in [2.05, 4.69) is 30.9 Å². The van der Waals surface area contributed by atoms with E-state index in [1.54, 1.807) is 6.20 Å². The van der Waals surface area contributed by atoms with Crippen LogP contribution < -0.4 is 11.1 Å². The van der Waals surface area contributed by atoms with E-state index in [1.807, 2.05) is 19.9 Å². The van der Waals surface area contributed by atoms with Gasteiger partial charge in [-0.25, -0.2) is 4.98 Å². The average Bonchev–Trinajstić information content (AvgIpc) is 2.77. The number of hydrogen-bond acceptors (Lipinski definition) is 6. The van der Waals surface area contributed by atoms with Crippen LogP contribution in [0.15, 0.2) is 12.3 Å². The van der Waals surface area contributed by atoms with Crippen LogP contribution in [0.4, 0.5) is 11.5 Å². The Kier molecular flexibility index (Phi) is 2.67. The monoisotopic (exact) mass is 219 g/mol. The Morgan fingerprint density at radius 3 is 2.94 bits per heavy atom. The van der Waals surface area contributed by atoms with Gasteiger partial charge in [0.15, 0.2) is 5.82 Å². The zero-order valence-corrected chi connectivity index (χ0v) is 9.10. The van der Waals surface area contributed by atoms with E-state index in [1.165, 1.54) is 0 Å².